The fraction of sp³-hybridized carbons (Fsp3) is 0.571. The van der Waals surface area contributed by atoms with Crippen LogP contribution in [0.2, 0.25) is 0 Å². The van der Waals surface area contributed by atoms with E-state index in [0.717, 1.165) is 25.9 Å². The smallest absolute Gasteiger partial charge is 0.326 e. The predicted molar refractivity (Wildman–Crippen MR) is 70.0 cm³/mol. The third-order valence-corrected chi connectivity index (χ3v) is 3.24. The number of carbonyl (C=O) groups excluding carboxylic acids is 1. The van der Waals surface area contributed by atoms with Crippen molar-refractivity contribution in [1.82, 2.24) is 4.57 Å². The van der Waals surface area contributed by atoms with E-state index in [1.807, 2.05) is 0 Å². The van der Waals surface area contributed by atoms with Crippen LogP contribution in [0.15, 0.2) is 23.1 Å². The molecule has 0 amide bonds. The number of ether oxygens (including phenoxy) is 2. The van der Waals surface area contributed by atoms with Gasteiger partial charge < -0.3 is 14.0 Å². The van der Waals surface area contributed by atoms with Crippen LogP contribution >= 0.6 is 0 Å². The lowest BCUT2D eigenvalue weighted by Crippen LogP contribution is -2.26. The summed E-state index contributed by atoms with van der Waals surface area (Å²) in [5.74, 6) is -0.384. The quantitative estimate of drug-likeness (QED) is 0.752. The van der Waals surface area contributed by atoms with Crippen LogP contribution in [0.5, 0.6) is 0 Å². The zero-order chi connectivity index (χ0) is 13.7. The molecule has 1 aliphatic heterocycles. The van der Waals surface area contributed by atoms with Gasteiger partial charge in [-0.1, -0.05) is 6.07 Å². The van der Waals surface area contributed by atoms with Gasteiger partial charge in [0.25, 0.3) is 5.56 Å². The molecular formula is C14H19NO4. The molecule has 1 atom stereocenters. The van der Waals surface area contributed by atoms with Crippen LogP contribution in [0, 0.1) is 6.92 Å². The van der Waals surface area contributed by atoms with E-state index in [1.54, 1.807) is 25.3 Å². The second kappa shape index (κ2) is 6.52. The highest BCUT2D eigenvalue weighted by Crippen LogP contribution is 2.14. The average molecular weight is 265 g/mol. The van der Waals surface area contributed by atoms with Gasteiger partial charge in [-0.05, 0) is 25.8 Å². The lowest BCUT2D eigenvalue weighted by molar-refractivity contribution is -0.145. The third-order valence-electron chi connectivity index (χ3n) is 3.24. The summed E-state index contributed by atoms with van der Waals surface area (Å²) >= 11 is 0. The molecule has 1 saturated heterocycles. The highest BCUT2D eigenvalue weighted by molar-refractivity contribution is 5.69. The van der Waals surface area contributed by atoms with Gasteiger partial charge in [-0.2, -0.15) is 0 Å². The third kappa shape index (κ3) is 3.92. The van der Waals surface area contributed by atoms with Gasteiger partial charge in [0, 0.05) is 24.8 Å². The maximum absolute atomic E-state index is 11.7. The molecule has 2 rings (SSSR count). The van der Waals surface area contributed by atoms with Crippen molar-refractivity contribution in [3.63, 3.8) is 0 Å². The fourth-order valence-electron chi connectivity index (χ4n) is 2.14. The molecular weight excluding hydrogens is 246 g/mol. The van der Waals surface area contributed by atoms with Gasteiger partial charge in [-0.25, -0.2) is 0 Å². The molecule has 0 bridgehead atoms. The minimum atomic E-state index is -0.384. The normalized spacial score (nSPS) is 18.5. The Morgan fingerprint density at radius 2 is 2.42 bits per heavy atom. The lowest BCUT2D eigenvalue weighted by Gasteiger charge is -2.10. The Bertz CT molecular complexity index is 488. The zero-order valence-electron chi connectivity index (χ0n) is 11.1. The molecule has 5 heteroatoms. The number of hydrogen-bond acceptors (Lipinski definition) is 4. The van der Waals surface area contributed by atoms with E-state index in [2.05, 4.69) is 0 Å². The van der Waals surface area contributed by atoms with Crippen molar-refractivity contribution in [3.8, 4) is 0 Å². The van der Waals surface area contributed by atoms with Crippen LogP contribution in [0.1, 0.15) is 24.8 Å². The molecule has 1 aromatic rings. The van der Waals surface area contributed by atoms with Crippen molar-refractivity contribution in [2.45, 2.75) is 38.8 Å². The number of nitrogens with zero attached hydrogens (tertiary/aromatic N) is 1. The molecule has 1 aliphatic rings. The van der Waals surface area contributed by atoms with E-state index in [4.69, 9.17) is 9.47 Å². The number of aromatic nitrogens is 1. The Balaban J connectivity index is 1.77. The molecule has 0 saturated carbocycles. The van der Waals surface area contributed by atoms with E-state index in [-0.39, 0.29) is 24.2 Å². The molecule has 104 valence electrons. The first-order valence-electron chi connectivity index (χ1n) is 6.60. The molecule has 2 heterocycles. The van der Waals surface area contributed by atoms with Gasteiger partial charge in [-0.15, -0.1) is 0 Å². The van der Waals surface area contributed by atoms with E-state index < -0.39 is 0 Å². The zero-order valence-corrected chi connectivity index (χ0v) is 11.1. The minimum Gasteiger partial charge on any atom is -0.464 e. The molecule has 0 unspecified atom stereocenters. The molecule has 0 aliphatic carbocycles. The molecule has 1 aromatic heterocycles. The number of aryl methyl sites for hydroxylation is 1. The molecule has 5 nitrogen and oxygen atoms in total. The Morgan fingerprint density at radius 3 is 3.16 bits per heavy atom. The standard InChI is InChI=1S/C14H19NO4/c1-11-4-2-7-15(14(11)17)10-13(16)19-9-6-12-5-3-8-18-12/h2,4,7,12H,3,5-6,8-10H2,1H3/t12-/m1/s1. The van der Waals surface area contributed by atoms with Crippen LogP contribution in [0.4, 0.5) is 0 Å². The van der Waals surface area contributed by atoms with E-state index in [1.165, 1.54) is 4.57 Å². The van der Waals surface area contributed by atoms with Crippen molar-refractivity contribution >= 4 is 5.97 Å². The van der Waals surface area contributed by atoms with Gasteiger partial charge in [-0.3, -0.25) is 9.59 Å². The van der Waals surface area contributed by atoms with Crippen molar-refractivity contribution in [2.24, 2.45) is 0 Å². The summed E-state index contributed by atoms with van der Waals surface area (Å²) in [7, 11) is 0. The summed E-state index contributed by atoms with van der Waals surface area (Å²) in [6.45, 7) is 2.84. The first-order chi connectivity index (χ1) is 9.16. The van der Waals surface area contributed by atoms with E-state index in [0.29, 0.717) is 12.2 Å². The Labute approximate surface area is 112 Å². The number of carbonyl (C=O) groups is 1. The number of hydrogen-bond donors (Lipinski definition) is 0. The minimum absolute atomic E-state index is 0.0357. The number of pyridine rings is 1. The Hall–Kier alpha value is -1.62. The molecule has 0 radical (unpaired) electrons. The van der Waals surface area contributed by atoms with Gasteiger partial charge in [0.05, 0.1) is 12.7 Å². The largest absolute Gasteiger partial charge is 0.464 e. The summed E-state index contributed by atoms with van der Waals surface area (Å²) in [6.07, 6.45) is 4.66. The highest BCUT2D eigenvalue weighted by Gasteiger charge is 2.16. The van der Waals surface area contributed by atoms with Gasteiger partial charge in [0.15, 0.2) is 0 Å². The van der Waals surface area contributed by atoms with Crippen LogP contribution in [0.25, 0.3) is 0 Å². The fourth-order valence-corrected chi connectivity index (χ4v) is 2.14. The summed E-state index contributed by atoms with van der Waals surface area (Å²) in [6, 6.07) is 3.47. The second-order valence-electron chi connectivity index (χ2n) is 4.77. The predicted octanol–water partition coefficient (Wildman–Crippen LogP) is 1.27. The van der Waals surface area contributed by atoms with Gasteiger partial charge in [0.1, 0.15) is 6.54 Å². The summed E-state index contributed by atoms with van der Waals surface area (Å²) in [4.78, 5) is 23.3. The summed E-state index contributed by atoms with van der Waals surface area (Å²) in [5.41, 5.74) is 0.466. The van der Waals surface area contributed by atoms with Crippen LogP contribution in [-0.4, -0.2) is 29.9 Å². The highest BCUT2D eigenvalue weighted by atomic mass is 16.5. The molecule has 19 heavy (non-hydrogen) atoms. The first kappa shape index (κ1) is 13.8. The van der Waals surface area contributed by atoms with Crippen LogP contribution < -0.4 is 5.56 Å². The lowest BCUT2D eigenvalue weighted by atomic mass is 10.2. The maximum Gasteiger partial charge on any atom is 0.326 e. The molecule has 1 fully saturated rings. The number of esters is 1. The van der Waals surface area contributed by atoms with Crippen LogP contribution in [-0.2, 0) is 20.8 Å². The van der Waals surface area contributed by atoms with Crippen molar-refractivity contribution in [3.05, 3.63) is 34.2 Å². The second-order valence-corrected chi connectivity index (χ2v) is 4.77. The summed E-state index contributed by atoms with van der Waals surface area (Å²) in [5, 5.41) is 0. The monoisotopic (exact) mass is 265 g/mol. The molecule has 0 spiro atoms. The Kier molecular flexibility index (Phi) is 4.74. The van der Waals surface area contributed by atoms with E-state index >= 15 is 0 Å². The SMILES string of the molecule is Cc1cccn(CC(=O)OCC[C@H]2CCCO2)c1=O. The molecule has 0 aromatic carbocycles. The van der Waals surface area contributed by atoms with Crippen molar-refractivity contribution in [2.75, 3.05) is 13.2 Å². The van der Waals surface area contributed by atoms with Gasteiger partial charge in [0.2, 0.25) is 0 Å². The van der Waals surface area contributed by atoms with Crippen LogP contribution in [0.3, 0.4) is 0 Å². The first-order valence-corrected chi connectivity index (χ1v) is 6.60. The van der Waals surface area contributed by atoms with Gasteiger partial charge >= 0.3 is 5.97 Å². The molecule has 0 N–H and O–H groups in total. The topological polar surface area (TPSA) is 57.5 Å². The van der Waals surface area contributed by atoms with E-state index in [9.17, 15) is 9.59 Å². The Morgan fingerprint density at radius 1 is 1.58 bits per heavy atom. The van der Waals surface area contributed by atoms with Crippen molar-refractivity contribution in [1.29, 1.82) is 0 Å². The summed E-state index contributed by atoms with van der Waals surface area (Å²) < 4.78 is 11.9. The van der Waals surface area contributed by atoms with Crippen molar-refractivity contribution < 1.29 is 14.3 Å². The maximum atomic E-state index is 11.7. The number of rotatable bonds is 5. The average Bonchev–Trinajstić information content (AvgIpc) is 2.88.